The molecule has 4 rings (SSSR count). The first kappa shape index (κ1) is 21.3. The van der Waals surface area contributed by atoms with Crippen molar-refractivity contribution in [1.29, 1.82) is 0 Å². The van der Waals surface area contributed by atoms with E-state index in [0.717, 1.165) is 44.2 Å². The van der Waals surface area contributed by atoms with Crippen molar-refractivity contribution in [3.05, 3.63) is 66.0 Å². The molecule has 1 fully saturated rings. The molecule has 0 saturated carbocycles. The summed E-state index contributed by atoms with van der Waals surface area (Å²) < 4.78 is 7.26. The van der Waals surface area contributed by atoms with Crippen LogP contribution in [-0.2, 0) is 6.54 Å². The average Bonchev–Trinajstić information content (AvgIpc) is 3.26. The topological polar surface area (TPSA) is 59.3 Å². The standard InChI is InChI=1S/C24H32N6O/c1-19(2)17-23(24-25-26-27-30(24)18-20-7-5-4-6-8-20)29-15-13-28(14-16-29)21-9-11-22(31-3)12-10-21/h4-12,19,23H,13-18H2,1-3H3/t23-/m0/s1. The summed E-state index contributed by atoms with van der Waals surface area (Å²) in [7, 11) is 1.70. The lowest BCUT2D eigenvalue weighted by atomic mass is 10.0. The van der Waals surface area contributed by atoms with Gasteiger partial charge < -0.3 is 9.64 Å². The average molecular weight is 421 g/mol. The summed E-state index contributed by atoms with van der Waals surface area (Å²) in [6, 6.07) is 19.0. The van der Waals surface area contributed by atoms with Crippen molar-refractivity contribution in [3.8, 4) is 5.75 Å². The Labute approximate surface area is 184 Å². The lowest BCUT2D eigenvalue weighted by molar-refractivity contribution is 0.153. The van der Waals surface area contributed by atoms with Crippen LogP contribution in [0.2, 0.25) is 0 Å². The van der Waals surface area contributed by atoms with Crippen LogP contribution in [0.15, 0.2) is 54.6 Å². The second-order valence-electron chi connectivity index (χ2n) is 8.55. The maximum Gasteiger partial charge on any atom is 0.168 e. The Morgan fingerprint density at radius 3 is 2.29 bits per heavy atom. The summed E-state index contributed by atoms with van der Waals surface area (Å²) in [5.74, 6) is 2.42. The molecule has 0 amide bonds. The van der Waals surface area contributed by atoms with Crippen LogP contribution in [0.1, 0.15) is 37.7 Å². The van der Waals surface area contributed by atoms with Crippen LogP contribution in [0.25, 0.3) is 0 Å². The fourth-order valence-corrected chi connectivity index (χ4v) is 4.27. The van der Waals surface area contributed by atoms with Gasteiger partial charge in [-0.3, -0.25) is 4.90 Å². The van der Waals surface area contributed by atoms with Gasteiger partial charge in [0.25, 0.3) is 0 Å². The smallest absolute Gasteiger partial charge is 0.168 e. The van der Waals surface area contributed by atoms with E-state index in [2.05, 4.69) is 75.6 Å². The van der Waals surface area contributed by atoms with Crippen LogP contribution in [0.4, 0.5) is 5.69 Å². The molecule has 0 radical (unpaired) electrons. The van der Waals surface area contributed by atoms with E-state index in [1.54, 1.807) is 7.11 Å². The molecule has 0 unspecified atom stereocenters. The van der Waals surface area contributed by atoms with E-state index < -0.39 is 0 Å². The van der Waals surface area contributed by atoms with Gasteiger partial charge in [-0.05, 0) is 52.6 Å². The molecule has 1 aliphatic heterocycles. The molecule has 7 nitrogen and oxygen atoms in total. The summed E-state index contributed by atoms with van der Waals surface area (Å²) in [6.45, 7) is 9.19. The molecule has 0 N–H and O–H groups in total. The van der Waals surface area contributed by atoms with Gasteiger partial charge >= 0.3 is 0 Å². The Morgan fingerprint density at radius 1 is 0.935 bits per heavy atom. The van der Waals surface area contributed by atoms with E-state index in [1.165, 1.54) is 11.3 Å². The molecule has 1 atom stereocenters. The minimum atomic E-state index is 0.219. The van der Waals surface area contributed by atoms with Crippen LogP contribution in [0, 0.1) is 5.92 Å². The van der Waals surface area contributed by atoms with Crippen molar-refractivity contribution in [2.75, 3.05) is 38.2 Å². The van der Waals surface area contributed by atoms with Crippen molar-refractivity contribution in [3.63, 3.8) is 0 Å². The molecule has 31 heavy (non-hydrogen) atoms. The van der Waals surface area contributed by atoms with Crippen LogP contribution in [0.3, 0.4) is 0 Å². The molecule has 2 heterocycles. The van der Waals surface area contributed by atoms with E-state index >= 15 is 0 Å². The van der Waals surface area contributed by atoms with Gasteiger partial charge in [0.1, 0.15) is 5.75 Å². The Kier molecular flexibility index (Phi) is 6.82. The minimum Gasteiger partial charge on any atom is -0.497 e. The fourth-order valence-electron chi connectivity index (χ4n) is 4.27. The number of rotatable bonds is 8. The third kappa shape index (κ3) is 5.22. The monoisotopic (exact) mass is 420 g/mol. The van der Waals surface area contributed by atoms with Gasteiger partial charge in [0.15, 0.2) is 5.82 Å². The van der Waals surface area contributed by atoms with Gasteiger partial charge in [-0.15, -0.1) is 5.10 Å². The maximum absolute atomic E-state index is 5.29. The Hall–Kier alpha value is -2.93. The predicted molar refractivity (Wildman–Crippen MR) is 122 cm³/mol. The van der Waals surface area contributed by atoms with E-state index in [9.17, 15) is 0 Å². The maximum atomic E-state index is 5.29. The Balaban J connectivity index is 1.47. The molecule has 1 aromatic heterocycles. The van der Waals surface area contributed by atoms with Crippen molar-refractivity contribution in [1.82, 2.24) is 25.1 Å². The SMILES string of the molecule is COc1ccc(N2CCN([C@@H](CC(C)C)c3nnnn3Cc3ccccc3)CC2)cc1. The fraction of sp³-hybridized carbons (Fsp3) is 0.458. The molecular formula is C24H32N6O. The van der Waals surface area contributed by atoms with E-state index in [-0.39, 0.29) is 6.04 Å². The highest BCUT2D eigenvalue weighted by molar-refractivity contribution is 5.49. The summed E-state index contributed by atoms with van der Waals surface area (Å²) in [5, 5.41) is 12.8. The van der Waals surface area contributed by atoms with E-state index in [0.29, 0.717) is 12.5 Å². The quantitative estimate of drug-likeness (QED) is 0.555. The number of hydrogen-bond acceptors (Lipinski definition) is 6. The normalized spacial score (nSPS) is 15.9. The molecule has 2 aromatic carbocycles. The molecule has 0 bridgehead atoms. The Bertz CT molecular complexity index is 932. The molecule has 0 spiro atoms. The Morgan fingerprint density at radius 2 is 1.65 bits per heavy atom. The highest BCUT2D eigenvalue weighted by atomic mass is 16.5. The van der Waals surface area contributed by atoms with Crippen molar-refractivity contribution in [2.24, 2.45) is 5.92 Å². The highest BCUT2D eigenvalue weighted by Crippen LogP contribution is 2.29. The number of anilines is 1. The molecule has 0 aliphatic carbocycles. The number of ether oxygens (including phenoxy) is 1. The largest absolute Gasteiger partial charge is 0.497 e. The van der Waals surface area contributed by atoms with E-state index in [1.807, 2.05) is 22.9 Å². The van der Waals surface area contributed by atoms with E-state index in [4.69, 9.17) is 4.74 Å². The molecule has 3 aromatic rings. The third-order valence-corrected chi connectivity index (χ3v) is 5.92. The van der Waals surface area contributed by atoms with Gasteiger partial charge in [-0.2, -0.15) is 0 Å². The van der Waals surface area contributed by atoms with Gasteiger partial charge in [0.2, 0.25) is 0 Å². The number of tetrazole rings is 1. The second-order valence-corrected chi connectivity index (χ2v) is 8.55. The second kappa shape index (κ2) is 9.92. The molecule has 1 saturated heterocycles. The highest BCUT2D eigenvalue weighted by Gasteiger charge is 2.30. The van der Waals surface area contributed by atoms with Gasteiger partial charge in [-0.25, -0.2) is 4.68 Å². The van der Waals surface area contributed by atoms with Crippen molar-refractivity contribution in [2.45, 2.75) is 32.9 Å². The number of aromatic nitrogens is 4. The first-order valence-corrected chi connectivity index (χ1v) is 11.1. The number of nitrogens with zero attached hydrogens (tertiary/aromatic N) is 6. The van der Waals surface area contributed by atoms with Crippen molar-refractivity contribution < 1.29 is 4.74 Å². The molecule has 1 aliphatic rings. The van der Waals surface area contributed by atoms with Crippen LogP contribution in [-0.4, -0.2) is 58.4 Å². The van der Waals surface area contributed by atoms with Crippen LogP contribution in [0.5, 0.6) is 5.75 Å². The molecule has 7 heteroatoms. The van der Waals surface area contributed by atoms with Crippen LogP contribution >= 0.6 is 0 Å². The zero-order chi connectivity index (χ0) is 21.6. The van der Waals surface area contributed by atoms with Crippen LogP contribution < -0.4 is 9.64 Å². The first-order chi connectivity index (χ1) is 15.1. The first-order valence-electron chi connectivity index (χ1n) is 11.1. The van der Waals surface area contributed by atoms with Gasteiger partial charge in [-0.1, -0.05) is 44.2 Å². The van der Waals surface area contributed by atoms with Gasteiger partial charge in [0, 0.05) is 31.9 Å². The molecular weight excluding hydrogens is 388 g/mol. The zero-order valence-electron chi connectivity index (χ0n) is 18.7. The number of benzene rings is 2. The lowest BCUT2D eigenvalue weighted by Gasteiger charge is -2.40. The number of methoxy groups -OCH3 is 1. The summed E-state index contributed by atoms with van der Waals surface area (Å²) >= 11 is 0. The number of hydrogen-bond donors (Lipinski definition) is 0. The molecule has 164 valence electrons. The summed E-state index contributed by atoms with van der Waals surface area (Å²) in [4.78, 5) is 4.99. The van der Waals surface area contributed by atoms with Crippen molar-refractivity contribution >= 4 is 5.69 Å². The summed E-state index contributed by atoms with van der Waals surface area (Å²) in [6.07, 6.45) is 1.04. The number of piperazine rings is 1. The summed E-state index contributed by atoms with van der Waals surface area (Å²) in [5.41, 5.74) is 2.46. The minimum absolute atomic E-state index is 0.219. The lowest BCUT2D eigenvalue weighted by Crippen LogP contribution is -2.48. The zero-order valence-corrected chi connectivity index (χ0v) is 18.7. The third-order valence-electron chi connectivity index (χ3n) is 5.92. The predicted octanol–water partition coefficient (Wildman–Crippen LogP) is 3.64. The van der Waals surface area contributed by atoms with Gasteiger partial charge in [0.05, 0.1) is 19.7 Å².